The number of nitrogens with one attached hydrogen (secondary N) is 1. The van der Waals surface area contributed by atoms with Crippen LogP contribution in [-0.2, 0) is 0 Å². The molecule has 1 aromatic heterocycles. The molecule has 14 heavy (non-hydrogen) atoms. The van der Waals surface area contributed by atoms with Crippen LogP contribution >= 0.6 is 0 Å². The Morgan fingerprint density at radius 2 is 2.43 bits per heavy atom. The van der Waals surface area contributed by atoms with E-state index in [-0.39, 0.29) is 0 Å². The standard InChI is InChI=1S/C11H16N2O/c1-3-7-12-10(5-1)9-14-11-6-2-4-8-13-11/h2,4,6,8,10,12H,1,3,5,7,9H2/t10-/m0/s1. The van der Waals surface area contributed by atoms with Gasteiger partial charge >= 0.3 is 0 Å². The number of hydrogen-bond acceptors (Lipinski definition) is 3. The molecule has 1 atom stereocenters. The van der Waals surface area contributed by atoms with E-state index in [2.05, 4.69) is 10.3 Å². The van der Waals surface area contributed by atoms with Crippen LogP contribution in [0, 0.1) is 0 Å². The molecule has 3 heteroatoms. The van der Waals surface area contributed by atoms with Gasteiger partial charge in [0.1, 0.15) is 6.61 Å². The van der Waals surface area contributed by atoms with E-state index in [1.54, 1.807) is 6.20 Å². The highest BCUT2D eigenvalue weighted by molar-refractivity contribution is 5.09. The molecule has 1 aliphatic heterocycles. The molecule has 0 amide bonds. The fourth-order valence-corrected chi connectivity index (χ4v) is 1.68. The summed E-state index contributed by atoms with van der Waals surface area (Å²) >= 11 is 0. The predicted octanol–water partition coefficient (Wildman–Crippen LogP) is 1.60. The van der Waals surface area contributed by atoms with Crippen molar-refractivity contribution < 1.29 is 4.74 Å². The van der Waals surface area contributed by atoms with Crippen LogP contribution in [-0.4, -0.2) is 24.2 Å². The molecule has 2 rings (SSSR count). The Morgan fingerprint density at radius 1 is 1.43 bits per heavy atom. The highest BCUT2D eigenvalue weighted by Gasteiger charge is 2.12. The van der Waals surface area contributed by atoms with Gasteiger partial charge < -0.3 is 10.1 Å². The normalized spacial score (nSPS) is 21.9. The molecule has 0 bridgehead atoms. The smallest absolute Gasteiger partial charge is 0.213 e. The molecular formula is C11H16N2O. The lowest BCUT2D eigenvalue weighted by atomic mass is 10.1. The number of piperidine rings is 1. The van der Waals surface area contributed by atoms with Gasteiger partial charge in [0.05, 0.1) is 0 Å². The summed E-state index contributed by atoms with van der Waals surface area (Å²) in [5, 5.41) is 3.44. The van der Waals surface area contributed by atoms with Gasteiger partial charge in [-0.15, -0.1) is 0 Å². The summed E-state index contributed by atoms with van der Waals surface area (Å²) < 4.78 is 5.57. The van der Waals surface area contributed by atoms with E-state index >= 15 is 0 Å². The maximum absolute atomic E-state index is 5.57. The molecule has 0 spiro atoms. The van der Waals surface area contributed by atoms with Gasteiger partial charge in [-0.1, -0.05) is 12.5 Å². The Labute approximate surface area is 84.5 Å². The third-order valence-corrected chi connectivity index (χ3v) is 2.48. The van der Waals surface area contributed by atoms with Crippen molar-refractivity contribution in [1.29, 1.82) is 0 Å². The Morgan fingerprint density at radius 3 is 3.14 bits per heavy atom. The first-order valence-corrected chi connectivity index (χ1v) is 5.22. The van der Waals surface area contributed by atoms with Gasteiger partial charge in [-0.25, -0.2) is 4.98 Å². The lowest BCUT2D eigenvalue weighted by molar-refractivity contribution is 0.232. The third-order valence-electron chi connectivity index (χ3n) is 2.48. The van der Waals surface area contributed by atoms with Gasteiger partial charge in [0, 0.05) is 18.3 Å². The zero-order chi connectivity index (χ0) is 9.64. The van der Waals surface area contributed by atoms with Crippen LogP contribution in [0.4, 0.5) is 0 Å². The van der Waals surface area contributed by atoms with Gasteiger partial charge in [-0.2, -0.15) is 0 Å². The molecular weight excluding hydrogens is 176 g/mol. The minimum Gasteiger partial charge on any atom is -0.476 e. The van der Waals surface area contributed by atoms with Crippen molar-refractivity contribution in [2.24, 2.45) is 0 Å². The average Bonchev–Trinajstić information content (AvgIpc) is 2.29. The second-order valence-electron chi connectivity index (χ2n) is 3.63. The van der Waals surface area contributed by atoms with Crippen molar-refractivity contribution >= 4 is 0 Å². The summed E-state index contributed by atoms with van der Waals surface area (Å²) in [5.74, 6) is 0.722. The van der Waals surface area contributed by atoms with Crippen molar-refractivity contribution in [2.75, 3.05) is 13.2 Å². The maximum atomic E-state index is 5.57. The van der Waals surface area contributed by atoms with Crippen molar-refractivity contribution in [2.45, 2.75) is 25.3 Å². The maximum Gasteiger partial charge on any atom is 0.213 e. The Balaban J connectivity index is 1.76. The molecule has 0 aromatic carbocycles. The van der Waals surface area contributed by atoms with Gasteiger partial charge in [-0.3, -0.25) is 0 Å². The summed E-state index contributed by atoms with van der Waals surface area (Å²) in [4.78, 5) is 4.11. The predicted molar refractivity (Wildman–Crippen MR) is 55.4 cm³/mol. The lowest BCUT2D eigenvalue weighted by Crippen LogP contribution is -2.38. The SMILES string of the molecule is c1ccc(OC[C@@H]2CCCCN2)nc1. The molecule has 1 aliphatic rings. The van der Waals surface area contributed by atoms with E-state index < -0.39 is 0 Å². The molecule has 0 aliphatic carbocycles. The zero-order valence-electron chi connectivity index (χ0n) is 8.28. The molecule has 1 N–H and O–H groups in total. The van der Waals surface area contributed by atoms with E-state index in [0.717, 1.165) is 19.0 Å². The quantitative estimate of drug-likeness (QED) is 0.790. The van der Waals surface area contributed by atoms with Gasteiger partial charge in [0.2, 0.25) is 5.88 Å². The van der Waals surface area contributed by atoms with Gasteiger partial charge in [0.15, 0.2) is 0 Å². The Hall–Kier alpha value is -1.09. The van der Waals surface area contributed by atoms with Gasteiger partial charge in [-0.05, 0) is 25.5 Å². The summed E-state index contributed by atoms with van der Waals surface area (Å²) in [7, 11) is 0. The fraction of sp³-hybridized carbons (Fsp3) is 0.545. The van der Waals surface area contributed by atoms with Crippen LogP contribution < -0.4 is 10.1 Å². The minimum absolute atomic E-state index is 0.505. The van der Waals surface area contributed by atoms with E-state index in [4.69, 9.17) is 4.74 Å². The van der Waals surface area contributed by atoms with Crippen LogP contribution in [0.1, 0.15) is 19.3 Å². The van der Waals surface area contributed by atoms with Crippen molar-refractivity contribution in [1.82, 2.24) is 10.3 Å². The molecule has 76 valence electrons. The third kappa shape index (κ3) is 2.70. The molecule has 1 fully saturated rings. The number of ether oxygens (including phenoxy) is 1. The summed E-state index contributed by atoms with van der Waals surface area (Å²) in [6, 6.07) is 6.23. The Kier molecular flexibility index (Phi) is 3.35. The number of rotatable bonds is 3. The number of nitrogens with zero attached hydrogens (tertiary/aromatic N) is 1. The molecule has 0 unspecified atom stereocenters. The average molecular weight is 192 g/mol. The highest BCUT2D eigenvalue weighted by atomic mass is 16.5. The minimum atomic E-state index is 0.505. The fourth-order valence-electron chi connectivity index (χ4n) is 1.68. The molecule has 2 heterocycles. The first-order valence-electron chi connectivity index (χ1n) is 5.22. The van der Waals surface area contributed by atoms with Gasteiger partial charge in [0.25, 0.3) is 0 Å². The van der Waals surface area contributed by atoms with Crippen molar-refractivity contribution in [3.8, 4) is 5.88 Å². The summed E-state index contributed by atoms with van der Waals surface area (Å²) in [6.45, 7) is 1.85. The topological polar surface area (TPSA) is 34.1 Å². The molecule has 0 saturated carbocycles. The monoisotopic (exact) mass is 192 g/mol. The lowest BCUT2D eigenvalue weighted by Gasteiger charge is -2.23. The van der Waals surface area contributed by atoms with E-state index in [9.17, 15) is 0 Å². The van der Waals surface area contributed by atoms with E-state index in [1.165, 1.54) is 19.3 Å². The summed E-state index contributed by atoms with van der Waals surface area (Å²) in [5.41, 5.74) is 0. The van der Waals surface area contributed by atoms with Crippen LogP contribution in [0.25, 0.3) is 0 Å². The Bertz CT molecular complexity index is 257. The highest BCUT2D eigenvalue weighted by Crippen LogP contribution is 2.09. The number of pyridine rings is 1. The first-order chi connectivity index (χ1) is 6.95. The summed E-state index contributed by atoms with van der Waals surface area (Å²) in [6.07, 6.45) is 5.57. The molecule has 0 radical (unpaired) electrons. The van der Waals surface area contributed by atoms with E-state index in [1.807, 2.05) is 18.2 Å². The first kappa shape index (κ1) is 9.46. The van der Waals surface area contributed by atoms with Crippen LogP contribution in [0.5, 0.6) is 5.88 Å². The number of aromatic nitrogens is 1. The van der Waals surface area contributed by atoms with Crippen molar-refractivity contribution in [3.05, 3.63) is 24.4 Å². The second kappa shape index (κ2) is 4.96. The van der Waals surface area contributed by atoms with Crippen molar-refractivity contribution in [3.63, 3.8) is 0 Å². The molecule has 1 aromatic rings. The van der Waals surface area contributed by atoms with Crippen LogP contribution in [0.3, 0.4) is 0 Å². The largest absolute Gasteiger partial charge is 0.476 e. The molecule has 1 saturated heterocycles. The molecule has 3 nitrogen and oxygen atoms in total. The van der Waals surface area contributed by atoms with Crippen LogP contribution in [0.2, 0.25) is 0 Å². The van der Waals surface area contributed by atoms with E-state index in [0.29, 0.717) is 6.04 Å². The number of hydrogen-bond donors (Lipinski definition) is 1. The zero-order valence-corrected chi connectivity index (χ0v) is 8.28. The second-order valence-corrected chi connectivity index (χ2v) is 3.63. The van der Waals surface area contributed by atoms with Crippen LogP contribution in [0.15, 0.2) is 24.4 Å².